The second-order valence-corrected chi connectivity index (χ2v) is 6.49. The molecule has 3 rings (SSSR count). The van der Waals surface area contributed by atoms with E-state index < -0.39 is 0 Å². The maximum Gasteiger partial charge on any atom is 0.221 e. The Balaban J connectivity index is 1.60. The molecular weight excluding hydrogens is 258 g/mol. The lowest BCUT2D eigenvalue weighted by Gasteiger charge is -2.20. The zero-order valence-corrected chi connectivity index (χ0v) is 12.9. The van der Waals surface area contributed by atoms with Gasteiger partial charge in [0, 0.05) is 6.42 Å². The molecule has 0 radical (unpaired) electrons. The number of hydrogen-bond acceptors (Lipinski definition) is 1. The van der Waals surface area contributed by atoms with Crippen LogP contribution in [0.25, 0.3) is 0 Å². The molecule has 112 valence electrons. The van der Waals surface area contributed by atoms with Gasteiger partial charge in [0.1, 0.15) is 0 Å². The second-order valence-electron chi connectivity index (χ2n) is 6.49. The van der Waals surface area contributed by atoms with Gasteiger partial charge < -0.3 is 5.32 Å². The molecule has 2 aliphatic rings. The number of carbonyl (C=O) groups excluding carboxylic acids is 1. The molecule has 0 bridgehead atoms. The minimum absolute atomic E-state index is 0.107. The highest BCUT2D eigenvalue weighted by Gasteiger charge is 2.17. The molecule has 0 saturated heterocycles. The van der Waals surface area contributed by atoms with Gasteiger partial charge in [-0.1, -0.05) is 30.4 Å². The first-order chi connectivity index (χ1) is 10.2. The number of aryl methyl sites for hydroxylation is 2. The van der Waals surface area contributed by atoms with Crippen LogP contribution in [0.1, 0.15) is 61.8 Å². The largest absolute Gasteiger partial charge is 0.350 e. The molecule has 0 aliphatic heterocycles. The molecular formula is C19H25NO. The summed E-state index contributed by atoms with van der Waals surface area (Å²) >= 11 is 0. The van der Waals surface area contributed by atoms with E-state index in [1.54, 1.807) is 0 Å². The summed E-state index contributed by atoms with van der Waals surface area (Å²) in [4.78, 5) is 12.1. The molecule has 0 aromatic heterocycles. The third-order valence-electron chi connectivity index (χ3n) is 4.81. The Morgan fingerprint density at radius 2 is 2.10 bits per heavy atom. The quantitative estimate of drug-likeness (QED) is 0.828. The predicted molar refractivity (Wildman–Crippen MR) is 86.1 cm³/mol. The average Bonchev–Trinajstić information content (AvgIpc) is 2.99. The summed E-state index contributed by atoms with van der Waals surface area (Å²) < 4.78 is 0. The van der Waals surface area contributed by atoms with Crippen LogP contribution in [0.3, 0.4) is 0 Å². The first-order valence-corrected chi connectivity index (χ1v) is 8.30. The van der Waals surface area contributed by atoms with Crippen molar-refractivity contribution in [3.8, 4) is 0 Å². The monoisotopic (exact) mass is 283 g/mol. The fourth-order valence-electron chi connectivity index (χ4n) is 3.51. The number of carbonyl (C=O) groups is 1. The van der Waals surface area contributed by atoms with Crippen molar-refractivity contribution in [1.82, 2.24) is 5.32 Å². The van der Waals surface area contributed by atoms with E-state index in [2.05, 4.69) is 42.6 Å². The van der Waals surface area contributed by atoms with Gasteiger partial charge in [-0.15, -0.1) is 0 Å². The van der Waals surface area contributed by atoms with Crippen molar-refractivity contribution >= 4 is 5.91 Å². The van der Waals surface area contributed by atoms with Crippen molar-refractivity contribution in [3.63, 3.8) is 0 Å². The Labute approximate surface area is 127 Å². The van der Waals surface area contributed by atoms with Crippen LogP contribution in [0.2, 0.25) is 0 Å². The molecule has 1 aromatic rings. The van der Waals surface area contributed by atoms with Gasteiger partial charge in [0.05, 0.1) is 6.04 Å². The summed E-state index contributed by atoms with van der Waals surface area (Å²) in [6.07, 6.45) is 12.3. The smallest absolute Gasteiger partial charge is 0.221 e. The van der Waals surface area contributed by atoms with Crippen molar-refractivity contribution in [1.29, 1.82) is 0 Å². The molecule has 2 heteroatoms. The Morgan fingerprint density at radius 1 is 1.29 bits per heavy atom. The molecule has 0 unspecified atom stereocenters. The van der Waals surface area contributed by atoms with Crippen molar-refractivity contribution in [3.05, 3.63) is 47.0 Å². The fourth-order valence-corrected chi connectivity index (χ4v) is 3.51. The third kappa shape index (κ3) is 3.55. The van der Waals surface area contributed by atoms with Crippen molar-refractivity contribution in [2.75, 3.05) is 0 Å². The number of hydrogen-bond donors (Lipinski definition) is 1. The lowest BCUT2D eigenvalue weighted by molar-refractivity contribution is -0.122. The molecule has 2 aliphatic carbocycles. The van der Waals surface area contributed by atoms with E-state index in [9.17, 15) is 4.79 Å². The summed E-state index contributed by atoms with van der Waals surface area (Å²) in [5, 5.41) is 3.16. The zero-order chi connectivity index (χ0) is 14.7. The normalized spacial score (nSPS) is 21.9. The summed E-state index contributed by atoms with van der Waals surface area (Å²) in [5.41, 5.74) is 4.23. The molecule has 21 heavy (non-hydrogen) atoms. The summed E-state index contributed by atoms with van der Waals surface area (Å²) in [6, 6.07) is 6.85. The standard InChI is InChI=1S/C19H25NO/c1-14(20-19(21)12-15-6-2-3-7-15)17-11-10-16-8-4-5-9-18(16)13-17/h2,6,10-11,13-15H,3-5,7-9,12H2,1H3,(H,20,21)/t14-,15-/m0/s1. The van der Waals surface area contributed by atoms with E-state index >= 15 is 0 Å². The molecule has 2 atom stereocenters. The van der Waals surface area contributed by atoms with Crippen LogP contribution in [0.15, 0.2) is 30.4 Å². The van der Waals surface area contributed by atoms with E-state index in [0.717, 1.165) is 12.8 Å². The molecule has 1 N–H and O–H groups in total. The lowest BCUT2D eigenvalue weighted by Crippen LogP contribution is -2.28. The van der Waals surface area contributed by atoms with Crippen LogP contribution in [0.4, 0.5) is 0 Å². The molecule has 2 nitrogen and oxygen atoms in total. The first kappa shape index (κ1) is 14.4. The molecule has 0 saturated carbocycles. The van der Waals surface area contributed by atoms with Crippen LogP contribution < -0.4 is 5.32 Å². The highest BCUT2D eigenvalue weighted by Crippen LogP contribution is 2.25. The van der Waals surface area contributed by atoms with Gasteiger partial charge in [-0.3, -0.25) is 4.79 Å². The van der Waals surface area contributed by atoms with Gasteiger partial charge in [0.15, 0.2) is 0 Å². The van der Waals surface area contributed by atoms with Crippen molar-refractivity contribution < 1.29 is 4.79 Å². The number of fused-ring (bicyclic) bond motifs is 1. The fraction of sp³-hybridized carbons (Fsp3) is 0.526. The second kappa shape index (κ2) is 6.46. The molecule has 0 spiro atoms. The minimum atomic E-state index is 0.107. The van der Waals surface area contributed by atoms with Gasteiger partial charge in [-0.2, -0.15) is 0 Å². The molecule has 1 amide bonds. The van der Waals surface area contributed by atoms with Gasteiger partial charge in [0.25, 0.3) is 0 Å². The Hall–Kier alpha value is -1.57. The summed E-state index contributed by atoms with van der Waals surface area (Å²) in [6.45, 7) is 2.09. The van der Waals surface area contributed by atoms with Crippen LogP contribution in [-0.4, -0.2) is 5.91 Å². The maximum atomic E-state index is 12.1. The Morgan fingerprint density at radius 3 is 2.86 bits per heavy atom. The highest BCUT2D eigenvalue weighted by molar-refractivity contribution is 5.77. The first-order valence-electron chi connectivity index (χ1n) is 8.30. The number of allylic oxidation sites excluding steroid dienone is 2. The van der Waals surface area contributed by atoms with Crippen LogP contribution in [0, 0.1) is 5.92 Å². The van der Waals surface area contributed by atoms with Gasteiger partial charge in [-0.25, -0.2) is 0 Å². The number of rotatable bonds is 4. The topological polar surface area (TPSA) is 29.1 Å². The number of benzene rings is 1. The van der Waals surface area contributed by atoms with E-state index in [1.165, 1.54) is 42.4 Å². The molecule has 0 fully saturated rings. The third-order valence-corrected chi connectivity index (χ3v) is 4.81. The van der Waals surface area contributed by atoms with Crippen LogP contribution in [0.5, 0.6) is 0 Å². The van der Waals surface area contributed by atoms with Crippen LogP contribution >= 0.6 is 0 Å². The lowest BCUT2D eigenvalue weighted by atomic mass is 9.89. The molecule has 0 heterocycles. The maximum absolute atomic E-state index is 12.1. The van der Waals surface area contributed by atoms with E-state index in [1.807, 2.05) is 0 Å². The minimum Gasteiger partial charge on any atom is -0.350 e. The summed E-state index contributed by atoms with van der Waals surface area (Å²) in [5.74, 6) is 0.623. The van der Waals surface area contributed by atoms with Crippen molar-refractivity contribution in [2.45, 2.75) is 57.9 Å². The van der Waals surface area contributed by atoms with Crippen molar-refractivity contribution in [2.24, 2.45) is 5.92 Å². The average molecular weight is 283 g/mol. The molecule has 1 aromatic carbocycles. The van der Waals surface area contributed by atoms with E-state index in [4.69, 9.17) is 0 Å². The Kier molecular flexibility index (Phi) is 4.42. The van der Waals surface area contributed by atoms with Crippen LogP contribution in [-0.2, 0) is 17.6 Å². The van der Waals surface area contributed by atoms with Gasteiger partial charge >= 0.3 is 0 Å². The number of nitrogens with one attached hydrogen (secondary N) is 1. The Bertz CT molecular complexity index is 546. The SMILES string of the molecule is C[C@H](NC(=O)C[C@H]1C=CCC1)c1ccc2c(c1)CCCC2. The summed E-state index contributed by atoms with van der Waals surface area (Å²) in [7, 11) is 0. The van der Waals surface area contributed by atoms with E-state index in [0.29, 0.717) is 12.3 Å². The van der Waals surface area contributed by atoms with Gasteiger partial charge in [0.2, 0.25) is 5.91 Å². The van der Waals surface area contributed by atoms with E-state index in [-0.39, 0.29) is 11.9 Å². The number of amides is 1. The highest BCUT2D eigenvalue weighted by atomic mass is 16.1. The van der Waals surface area contributed by atoms with Gasteiger partial charge in [-0.05, 0) is 68.1 Å². The predicted octanol–water partition coefficient (Wildman–Crippen LogP) is 4.10. The zero-order valence-electron chi connectivity index (χ0n) is 12.9.